The van der Waals surface area contributed by atoms with Crippen molar-refractivity contribution in [1.82, 2.24) is 4.98 Å². The Kier molecular flexibility index (Phi) is 3.74. The highest BCUT2D eigenvalue weighted by Gasteiger charge is 2.19. The predicted octanol–water partition coefficient (Wildman–Crippen LogP) is 2.17. The zero-order valence-corrected chi connectivity index (χ0v) is 8.50. The standard InChI is InChI=1S/C9H5ClF2N2O2/c10-8-4(2-6(15)16)1-5(3-13)7(14-8)9(11)12/h1,9H,2H2,(H,15,16). The highest BCUT2D eigenvalue weighted by Crippen LogP contribution is 2.25. The number of alkyl halides is 2. The summed E-state index contributed by atoms with van der Waals surface area (Å²) >= 11 is 5.53. The average Bonchev–Trinajstić information content (AvgIpc) is 2.19. The average molecular weight is 247 g/mol. The minimum Gasteiger partial charge on any atom is -0.481 e. The van der Waals surface area contributed by atoms with Crippen molar-refractivity contribution in [2.75, 3.05) is 0 Å². The van der Waals surface area contributed by atoms with Crippen molar-refractivity contribution in [3.8, 4) is 6.07 Å². The molecule has 4 nitrogen and oxygen atoms in total. The Morgan fingerprint density at radius 1 is 1.69 bits per heavy atom. The summed E-state index contributed by atoms with van der Waals surface area (Å²) in [5.41, 5.74) is -1.06. The van der Waals surface area contributed by atoms with Crippen LogP contribution in [0.1, 0.15) is 23.2 Å². The summed E-state index contributed by atoms with van der Waals surface area (Å²) < 4.78 is 24.8. The van der Waals surface area contributed by atoms with Crippen LogP contribution in [0, 0.1) is 11.3 Å². The summed E-state index contributed by atoms with van der Waals surface area (Å²) in [5.74, 6) is -1.18. The third-order valence-corrected chi connectivity index (χ3v) is 2.07. The summed E-state index contributed by atoms with van der Waals surface area (Å²) in [7, 11) is 0. The van der Waals surface area contributed by atoms with Crippen LogP contribution in [0.3, 0.4) is 0 Å². The lowest BCUT2D eigenvalue weighted by Crippen LogP contribution is -2.05. The molecule has 1 rings (SSSR count). The molecule has 0 amide bonds. The van der Waals surface area contributed by atoms with E-state index in [1.165, 1.54) is 6.07 Å². The quantitative estimate of drug-likeness (QED) is 0.830. The Balaban J connectivity index is 3.27. The molecule has 0 aliphatic heterocycles. The Labute approximate surface area is 94.1 Å². The van der Waals surface area contributed by atoms with Crippen molar-refractivity contribution in [2.24, 2.45) is 0 Å². The summed E-state index contributed by atoms with van der Waals surface area (Å²) in [6.45, 7) is 0. The number of nitriles is 1. The highest BCUT2D eigenvalue weighted by molar-refractivity contribution is 6.30. The minimum atomic E-state index is -2.92. The number of pyridine rings is 1. The van der Waals surface area contributed by atoms with Gasteiger partial charge in [0.2, 0.25) is 0 Å². The van der Waals surface area contributed by atoms with E-state index in [4.69, 9.17) is 22.0 Å². The van der Waals surface area contributed by atoms with Gasteiger partial charge in [-0.1, -0.05) is 11.6 Å². The molecular formula is C9H5ClF2N2O2. The minimum absolute atomic E-state index is 0.0371. The number of rotatable bonds is 3. The van der Waals surface area contributed by atoms with Crippen LogP contribution in [0.15, 0.2) is 6.07 Å². The molecule has 0 saturated heterocycles. The lowest BCUT2D eigenvalue weighted by molar-refractivity contribution is -0.136. The van der Waals surface area contributed by atoms with E-state index in [-0.39, 0.29) is 16.3 Å². The SMILES string of the molecule is N#Cc1cc(CC(=O)O)c(Cl)nc1C(F)F. The van der Waals surface area contributed by atoms with Crippen LogP contribution >= 0.6 is 11.6 Å². The first-order valence-corrected chi connectivity index (χ1v) is 4.43. The van der Waals surface area contributed by atoms with Gasteiger partial charge in [0.25, 0.3) is 6.43 Å². The van der Waals surface area contributed by atoms with Gasteiger partial charge in [0.15, 0.2) is 0 Å². The maximum Gasteiger partial charge on any atom is 0.307 e. The molecule has 7 heteroatoms. The van der Waals surface area contributed by atoms with Crippen LogP contribution in [0.5, 0.6) is 0 Å². The maximum atomic E-state index is 12.4. The number of hydrogen-bond acceptors (Lipinski definition) is 3. The molecule has 0 aliphatic rings. The third-order valence-electron chi connectivity index (χ3n) is 1.75. The van der Waals surface area contributed by atoms with E-state index >= 15 is 0 Å². The van der Waals surface area contributed by atoms with Crippen molar-refractivity contribution in [3.05, 3.63) is 28.0 Å². The van der Waals surface area contributed by atoms with E-state index in [0.717, 1.165) is 6.07 Å². The number of nitrogens with zero attached hydrogens (tertiary/aromatic N) is 2. The molecule has 0 unspecified atom stereocenters. The van der Waals surface area contributed by atoms with Gasteiger partial charge in [-0.15, -0.1) is 0 Å². The van der Waals surface area contributed by atoms with Gasteiger partial charge in [0.05, 0.1) is 12.0 Å². The topological polar surface area (TPSA) is 74.0 Å². The maximum absolute atomic E-state index is 12.4. The van der Waals surface area contributed by atoms with Gasteiger partial charge in [0.1, 0.15) is 16.9 Å². The normalized spacial score (nSPS) is 10.2. The fourth-order valence-corrected chi connectivity index (χ4v) is 1.30. The van der Waals surface area contributed by atoms with E-state index in [9.17, 15) is 13.6 Å². The molecule has 1 N–H and O–H groups in total. The van der Waals surface area contributed by atoms with Gasteiger partial charge >= 0.3 is 5.97 Å². The first kappa shape index (κ1) is 12.3. The fourth-order valence-electron chi connectivity index (χ4n) is 1.09. The fraction of sp³-hybridized carbons (Fsp3) is 0.222. The number of carboxylic acids is 1. The van der Waals surface area contributed by atoms with Gasteiger partial charge in [-0.25, -0.2) is 13.8 Å². The predicted molar refractivity (Wildman–Crippen MR) is 50.3 cm³/mol. The van der Waals surface area contributed by atoms with Crippen molar-refractivity contribution < 1.29 is 18.7 Å². The number of carboxylic acid groups (broad SMARTS) is 1. The zero-order chi connectivity index (χ0) is 12.3. The molecule has 0 bridgehead atoms. The van der Waals surface area contributed by atoms with Crippen LogP contribution in [-0.4, -0.2) is 16.1 Å². The van der Waals surface area contributed by atoms with E-state index in [0.29, 0.717) is 0 Å². The zero-order valence-electron chi connectivity index (χ0n) is 7.75. The van der Waals surface area contributed by atoms with Crippen LogP contribution in [-0.2, 0) is 11.2 Å². The smallest absolute Gasteiger partial charge is 0.307 e. The lowest BCUT2D eigenvalue weighted by atomic mass is 10.1. The van der Waals surface area contributed by atoms with Crippen LogP contribution in [0.4, 0.5) is 8.78 Å². The summed E-state index contributed by atoms with van der Waals surface area (Å²) in [6, 6.07) is 2.54. The Morgan fingerprint density at radius 2 is 2.31 bits per heavy atom. The molecule has 0 saturated carbocycles. The monoisotopic (exact) mass is 246 g/mol. The van der Waals surface area contributed by atoms with Crippen molar-refractivity contribution >= 4 is 17.6 Å². The molecular weight excluding hydrogens is 242 g/mol. The molecule has 0 aliphatic carbocycles. The molecule has 1 aromatic rings. The number of aromatic nitrogens is 1. The molecule has 0 atom stereocenters. The van der Waals surface area contributed by atoms with Gasteiger partial charge in [-0.3, -0.25) is 4.79 Å². The summed E-state index contributed by atoms with van der Waals surface area (Å²) in [4.78, 5) is 13.7. The molecule has 0 spiro atoms. The first-order chi connectivity index (χ1) is 7.45. The van der Waals surface area contributed by atoms with Crippen LogP contribution < -0.4 is 0 Å². The third kappa shape index (κ3) is 2.64. The second-order valence-electron chi connectivity index (χ2n) is 2.85. The van der Waals surface area contributed by atoms with Crippen molar-refractivity contribution in [2.45, 2.75) is 12.8 Å². The number of hydrogen-bond donors (Lipinski definition) is 1. The number of carbonyl (C=O) groups is 1. The molecule has 0 fully saturated rings. The Morgan fingerprint density at radius 3 is 2.75 bits per heavy atom. The van der Waals surface area contributed by atoms with Crippen molar-refractivity contribution in [1.29, 1.82) is 5.26 Å². The Bertz CT molecular complexity index is 471. The second-order valence-corrected chi connectivity index (χ2v) is 3.21. The molecule has 84 valence electrons. The molecule has 0 radical (unpaired) electrons. The van der Waals surface area contributed by atoms with E-state index < -0.39 is 24.5 Å². The summed E-state index contributed by atoms with van der Waals surface area (Å²) in [6.07, 6.45) is -3.39. The molecule has 1 aromatic heterocycles. The van der Waals surface area contributed by atoms with Crippen LogP contribution in [0.25, 0.3) is 0 Å². The van der Waals surface area contributed by atoms with E-state index in [2.05, 4.69) is 4.98 Å². The van der Waals surface area contributed by atoms with Gasteiger partial charge in [-0.05, 0) is 6.07 Å². The van der Waals surface area contributed by atoms with Gasteiger partial charge < -0.3 is 5.11 Å². The van der Waals surface area contributed by atoms with E-state index in [1.807, 2.05) is 0 Å². The highest BCUT2D eigenvalue weighted by atomic mass is 35.5. The first-order valence-electron chi connectivity index (χ1n) is 4.05. The van der Waals surface area contributed by atoms with E-state index in [1.54, 1.807) is 0 Å². The van der Waals surface area contributed by atoms with Gasteiger partial charge in [0, 0.05) is 5.56 Å². The lowest BCUT2D eigenvalue weighted by Gasteiger charge is -2.06. The number of aliphatic carboxylic acids is 1. The molecule has 16 heavy (non-hydrogen) atoms. The van der Waals surface area contributed by atoms with Crippen molar-refractivity contribution in [3.63, 3.8) is 0 Å². The largest absolute Gasteiger partial charge is 0.481 e. The number of halogens is 3. The Hall–Kier alpha value is -1.74. The van der Waals surface area contributed by atoms with Gasteiger partial charge in [-0.2, -0.15) is 5.26 Å². The van der Waals surface area contributed by atoms with Crippen LogP contribution in [0.2, 0.25) is 5.15 Å². The summed E-state index contributed by atoms with van der Waals surface area (Å²) in [5, 5.41) is 16.8. The molecule has 0 aromatic carbocycles. The molecule has 1 heterocycles. The second kappa shape index (κ2) is 4.86.